The number of likely N-dealkylation sites (N-methyl/N-ethyl adjacent to an activating group) is 1. The average Bonchev–Trinajstić information content (AvgIpc) is 3.04. The van der Waals surface area contributed by atoms with Gasteiger partial charge >= 0.3 is 0 Å². The van der Waals surface area contributed by atoms with Crippen LogP contribution in [0.25, 0.3) is 11.0 Å². The quantitative estimate of drug-likeness (QED) is 0.582. The van der Waals surface area contributed by atoms with Gasteiger partial charge in [-0.3, -0.25) is 19.9 Å². The van der Waals surface area contributed by atoms with Gasteiger partial charge in [0, 0.05) is 37.6 Å². The summed E-state index contributed by atoms with van der Waals surface area (Å²) in [6.45, 7) is 8.07. The molecule has 2 aliphatic heterocycles. The predicted octanol–water partition coefficient (Wildman–Crippen LogP) is 3.56. The Hall–Kier alpha value is -3.88. The number of carbonyl (C=O) groups is 2. The topological polar surface area (TPSA) is 92.6 Å². The fourth-order valence-electron chi connectivity index (χ4n) is 4.96. The van der Waals surface area contributed by atoms with Gasteiger partial charge in [-0.05, 0) is 56.5 Å². The summed E-state index contributed by atoms with van der Waals surface area (Å²) in [4.78, 5) is 38.7. The third-order valence-electron chi connectivity index (χ3n) is 6.75. The molecule has 1 unspecified atom stereocenters. The summed E-state index contributed by atoms with van der Waals surface area (Å²) in [7, 11) is 2.04. The van der Waals surface area contributed by atoms with Gasteiger partial charge in [0.2, 0.25) is 11.9 Å². The average molecular weight is 475 g/mol. The lowest BCUT2D eigenvalue weighted by Crippen LogP contribution is -2.34. The van der Waals surface area contributed by atoms with Gasteiger partial charge in [-0.1, -0.05) is 6.58 Å². The van der Waals surface area contributed by atoms with Gasteiger partial charge in [-0.25, -0.2) is 4.98 Å². The lowest BCUT2D eigenvalue weighted by Gasteiger charge is -2.30. The van der Waals surface area contributed by atoms with Crippen molar-refractivity contribution in [2.24, 2.45) is 0 Å². The third kappa shape index (κ3) is 4.34. The minimum absolute atomic E-state index is 0.0804. The highest BCUT2D eigenvalue weighted by Gasteiger charge is 2.30. The Kier molecular flexibility index (Phi) is 6.15. The van der Waals surface area contributed by atoms with Gasteiger partial charge in [0.25, 0.3) is 5.91 Å². The molecule has 1 atom stereocenters. The molecule has 182 valence electrons. The van der Waals surface area contributed by atoms with E-state index in [1.54, 1.807) is 18.3 Å². The van der Waals surface area contributed by atoms with Crippen molar-refractivity contribution in [2.45, 2.75) is 32.2 Å². The van der Waals surface area contributed by atoms with E-state index in [1.807, 2.05) is 31.0 Å². The summed E-state index contributed by atoms with van der Waals surface area (Å²) < 4.78 is 8.23. The zero-order chi connectivity index (χ0) is 24.5. The number of carbonyl (C=O) groups excluding carboxylic acids is 2. The summed E-state index contributed by atoms with van der Waals surface area (Å²) in [5.74, 6) is 0.862. The first-order valence-corrected chi connectivity index (χ1v) is 12.0. The maximum Gasteiger partial charge on any atom is 0.258 e. The molecule has 2 aliphatic rings. The highest BCUT2D eigenvalue weighted by atomic mass is 16.5. The van der Waals surface area contributed by atoms with E-state index in [-0.39, 0.29) is 17.9 Å². The molecule has 1 N–H and O–H groups in total. The van der Waals surface area contributed by atoms with E-state index >= 15 is 0 Å². The maximum atomic E-state index is 13.2. The van der Waals surface area contributed by atoms with Crippen LogP contribution in [0.3, 0.4) is 0 Å². The van der Waals surface area contributed by atoms with Crippen LogP contribution < -0.4 is 15.0 Å². The van der Waals surface area contributed by atoms with Gasteiger partial charge in [0.1, 0.15) is 12.1 Å². The number of aryl methyl sites for hydroxylation is 1. The largest absolute Gasteiger partial charge is 0.487 e. The number of amides is 2. The number of fused-ring (bicyclic) bond motifs is 3. The first-order chi connectivity index (χ1) is 17.0. The first-order valence-electron chi connectivity index (χ1n) is 12.0. The van der Waals surface area contributed by atoms with E-state index < -0.39 is 0 Å². The molecule has 1 aromatic carbocycles. The van der Waals surface area contributed by atoms with E-state index in [0.717, 1.165) is 54.0 Å². The molecule has 9 nitrogen and oxygen atoms in total. The summed E-state index contributed by atoms with van der Waals surface area (Å²) in [5, 5.41) is 3.03. The second-order valence-electron chi connectivity index (χ2n) is 9.13. The van der Waals surface area contributed by atoms with Crippen molar-refractivity contribution in [1.82, 2.24) is 19.4 Å². The molecule has 3 aromatic rings. The van der Waals surface area contributed by atoms with Crippen LogP contribution in [-0.2, 0) is 4.79 Å². The number of aromatic nitrogens is 3. The Bertz CT molecular complexity index is 1300. The minimum atomic E-state index is -0.258. The van der Waals surface area contributed by atoms with Crippen LogP contribution in [0.5, 0.6) is 5.75 Å². The lowest BCUT2D eigenvalue weighted by atomic mass is 10.1. The molecular weight excluding hydrogens is 444 g/mol. The third-order valence-corrected chi connectivity index (χ3v) is 6.75. The van der Waals surface area contributed by atoms with Crippen LogP contribution >= 0.6 is 0 Å². The Morgan fingerprint density at radius 3 is 2.89 bits per heavy atom. The molecule has 4 heterocycles. The number of nitrogens with zero attached hydrogens (tertiary/aromatic N) is 5. The number of benzene rings is 1. The highest BCUT2D eigenvalue weighted by molar-refractivity contribution is 6.04. The number of ether oxygens (including phenoxy) is 1. The number of imidazole rings is 1. The SMILES string of the molecule is C=CC(=O)N1CCCCC(n2c(NC(=O)c3ccnc(C)c3)nc3ccc4c(c32)OCCN4C)C1. The van der Waals surface area contributed by atoms with Gasteiger partial charge in [0.15, 0.2) is 5.75 Å². The smallest absolute Gasteiger partial charge is 0.258 e. The van der Waals surface area contributed by atoms with Crippen molar-refractivity contribution in [3.8, 4) is 5.75 Å². The molecule has 0 bridgehead atoms. The summed E-state index contributed by atoms with van der Waals surface area (Å²) in [6.07, 6.45) is 5.71. The zero-order valence-corrected chi connectivity index (χ0v) is 20.2. The molecule has 0 spiro atoms. The number of likely N-dealkylation sites (tertiary alicyclic amines) is 1. The molecule has 35 heavy (non-hydrogen) atoms. The highest BCUT2D eigenvalue weighted by Crippen LogP contribution is 2.41. The molecule has 2 amide bonds. The lowest BCUT2D eigenvalue weighted by molar-refractivity contribution is -0.126. The van der Waals surface area contributed by atoms with Gasteiger partial charge in [-0.15, -0.1) is 0 Å². The summed E-state index contributed by atoms with van der Waals surface area (Å²) >= 11 is 0. The second kappa shape index (κ2) is 9.40. The van der Waals surface area contributed by atoms with Crippen molar-refractivity contribution in [1.29, 1.82) is 0 Å². The van der Waals surface area contributed by atoms with E-state index in [0.29, 0.717) is 31.2 Å². The number of hydrogen-bond acceptors (Lipinski definition) is 6. The Labute approximate surface area is 204 Å². The fraction of sp³-hybridized carbons (Fsp3) is 0.385. The number of pyridine rings is 1. The molecule has 2 aromatic heterocycles. The monoisotopic (exact) mass is 474 g/mol. The standard InChI is InChI=1S/C26H30N6O3/c1-4-22(33)31-12-6-5-7-19(16-31)32-23-20(8-9-21-24(23)35-14-13-30(21)3)28-26(32)29-25(34)18-10-11-27-17(2)15-18/h4,8-11,15,19H,1,5-7,12-14,16H2,2-3H3,(H,28,29,34). The molecule has 1 fully saturated rings. The van der Waals surface area contributed by atoms with Crippen LogP contribution in [0, 0.1) is 6.92 Å². The molecule has 0 aliphatic carbocycles. The van der Waals surface area contributed by atoms with Crippen molar-refractivity contribution in [3.63, 3.8) is 0 Å². The summed E-state index contributed by atoms with van der Waals surface area (Å²) in [5.41, 5.74) is 3.84. The molecule has 0 saturated carbocycles. The first kappa shape index (κ1) is 22.9. The minimum Gasteiger partial charge on any atom is -0.487 e. The number of nitrogens with one attached hydrogen (secondary N) is 1. The molecule has 1 saturated heterocycles. The van der Waals surface area contributed by atoms with Crippen molar-refractivity contribution >= 4 is 34.5 Å². The van der Waals surface area contributed by atoms with Crippen molar-refractivity contribution in [3.05, 3.63) is 54.4 Å². The predicted molar refractivity (Wildman–Crippen MR) is 135 cm³/mol. The van der Waals surface area contributed by atoms with Gasteiger partial charge in [-0.2, -0.15) is 0 Å². The number of rotatable bonds is 4. The molecule has 9 heteroatoms. The molecular formula is C26H30N6O3. The van der Waals surface area contributed by atoms with Crippen LogP contribution in [0.2, 0.25) is 0 Å². The van der Waals surface area contributed by atoms with Crippen molar-refractivity contribution in [2.75, 3.05) is 43.5 Å². The van der Waals surface area contributed by atoms with E-state index in [9.17, 15) is 9.59 Å². The van der Waals surface area contributed by atoms with Crippen LogP contribution in [0.4, 0.5) is 11.6 Å². The fourth-order valence-corrected chi connectivity index (χ4v) is 4.96. The van der Waals surface area contributed by atoms with Gasteiger partial charge in [0.05, 0.1) is 23.8 Å². The van der Waals surface area contributed by atoms with E-state index in [4.69, 9.17) is 9.72 Å². The van der Waals surface area contributed by atoms with E-state index in [1.165, 1.54) is 6.08 Å². The van der Waals surface area contributed by atoms with Crippen LogP contribution in [-0.4, -0.2) is 64.5 Å². The van der Waals surface area contributed by atoms with Gasteiger partial charge < -0.3 is 19.1 Å². The number of hydrogen-bond donors (Lipinski definition) is 1. The Balaban J connectivity index is 1.63. The Morgan fingerprint density at radius 1 is 1.23 bits per heavy atom. The molecule has 0 radical (unpaired) electrons. The Morgan fingerprint density at radius 2 is 2.09 bits per heavy atom. The normalized spacial score (nSPS) is 17.9. The molecule has 5 rings (SSSR count). The van der Waals surface area contributed by atoms with Crippen molar-refractivity contribution < 1.29 is 14.3 Å². The summed E-state index contributed by atoms with van der Waals surface area (Å²) in [6, 6.07) is 7.32. The second-order valence-corrected chi connectivity index (χ2v) is 9.13. The zero-order valence-electron chi connectivity index (χ0n) is 20.2. The maximum absolute atomic E-state index is 13.2. The number of anilines is 2. The van der Waals surface area contributed by atoms with Crippen LogP contribution in [0.1, 0.15) is 41.4 Å². The van der Waals surface area contributed by atoms with Crippen LogP contribution in [0.15, 0.2) is 43.1 Å². The van der Waals surface area contributed by atoms with E-state index in [2.05, 4.69) is 26.3 Å².